The lowest BCUT2D eigenvalue weighted by atomic mass is 10.2. The minimum absolute atomic E-state index is 0.554. The van der Waals surface area contributed by atoms with Gasteiger partial charge in [0.05, 0.1) is 21.1 Å². The summed E-state index contributed by atoms with van der Waals surface area (Å²) in [5, 5.41) is 1.14. The standard InChI is InChI=1S/C14H15Cl3N2/c15-5-3-14-18-12-7-10(16)11(17)8-13(12)19(14)6-4-9-1-2-9/h7-9H,1-6H2. The van der Waals surface area contributed by atoms with Crippen LogP contribution in [0.25, 0.3) is 11.0 Å². The van der Waals surface area contributed by atoms with Gasteiger partial charge in [0.25, 0.3) is 0 Å². The highest BCUT2D eigenvalue weighted by atomic mass is 35.5. The average molecular weight is 318 g/mol. The third kappa shape index (κ3) is 2.86. The molecule has 2 aromatic rings. The van der Waals surface area contributed by atoms with E-state index < -0.39 is 0 Å². The van der Waals surface area contributed by atoms with Gasteiger partial charge in [0, 0.05) is 18.8 Å². The van der Waals surface area contributed by atoms with Gasteiger partial charge in [0.2, 0.25) is 0 Å². The molecule has 102 valence electrons. The zero-order chi connectivity index (χ0) is 13.4. The van der Waals surface area contributed by atoms with E-state index in [2.05, 4.69) is 9.55 Å². The summed E-state index contributed by atoms with van der Waals surface area (Å²) < 4.78 is 2.25. The Morgan fingerprint density at radius 2 is 1.95 bits per heavy atom. The van der Waals surface area contributed by atoms with Crippen LogP contribution in [0.5, 0.6) is 0 Å². The molecule has 0 bridgehead atoms. The van der Waals surface area contributed by atoms with Gasteiger partial charge in [0.1, 0.15) is 5.82 Å². The molecule has 0 N–H and O–H groups in total. The summed E-state index contributed by atoms with van der Waals surface area (Å²) in [5.74, 6) is 2.50. The summed E-state index contributed by atoms with van der Waals surface area (Å²) in [6.07, 6.45) is 4.71. The van der Waals surface area contributed by atoms with Gasteiger partial charge >= 0.3 is 0 Å². The van der Waals surface area contributed by atoms with Crippen LogP contribution in [0.4, 0.5) is 0 Å². The monoisotopic (exact) mass is 316 g/mol. The molecule has 2 nitrogen and oxygen atoms in total. The van der Waals surface area contributed by atoms with Crippen molar-refractivity contribution in [2.24, 2.45) is 5.92 Å². The molecule has 19 heavy (non-hydrogen) atoms. The lowest BCUT2D eigenvalue weighted by Gasteiger charge is -2.08. The first-order valence-corrected chi connectivity index (χ1v) is 7.88. The Hall–Kier alpha value is -0.440. The quantitative estimate of drug-likeness (QED) is 0.715. The second-order valence-electron chi connectivity index (χ2n) is 5.11. The Labute approximate surface area is 127 Å². The fourth-order valence-electron chi connectivity index (χ4n) is 2.41. The van der Waals surface area contributed by atoms with Crippen molar-refractivity contribution in [2.45, 2.75) is 32.2 Å². The molecule has 0 unspecified atom stereocenters. The van der Waals surface area contributed by atoms with Gasteiger partial charge < -0.3 is 4.57 Å². The van der Waals surface area contributed by atoms with Crippen molar-refractivity contribution < 1.29 is 0 Å². The number of hydrogen-bond acceptors (Lipinski definition) is 1. The van der Waals surface area contributed by atoms with Crippen molar-refractivity contribution in [1.82, 2.24) is 9.55 Å². The van der Waals surface area contributed by atoms with Crippen LogP contribution in [0.3, 0.4) is 0 Å². The van der Waals surface area contributed by atoms with Gasteiger partial charge in [-0.1, -0.05) is 36.0 Å². The fraction of sp³-hybridized carbons (Fsp3) is 0.500. The number of benzene rings is 1. The molecule has 0 saturated heterocycles. The third-order valence-electron chi connectivity index (χ3n) is 3.65. The first-order valence-electron chi connectivity index (χ1n) is 6.59. The number of aromatic nitrogens is 2. The van der Waals surface area contributed by atoms with Crippen molar-refractivity contribution >= 4 is 45.8 Å². The van der Waals surface area contributed by atoms with Crippen LogP contribution in [0.15, 0.2) is 12.1 Å². The Morgan fingerprint density at radius 3 is 2.63 bits per heavy atom. The molecule has 1 aromatic heterocycles. The fourth-order valence-corrected chi connectivity index (χ4v) is 2.90. The van der Waals surface area contributed by atoms with Crippen LogP contribution in [0.2, 0.25) is 10.0 Å². The molecular weight excluding hydrogens is 303 g/mol. The number of rotatable bonds is 5. The largest absolute Gasteiger partial charge is 0.328 e. The summed E-state index contributed by atoms with van der Waals surface area (Å²) in [6, 6.07) is 3.75. The van der Waals surface area contributed by atoms with Crippen LogP contribution in [0.1, 0.15) is 25.1 Å². The normalized spacial score (nSPS) is 15.3. The minimum atomic E-state index is 0.554. The minimum Gasteiger partial charge on any atom is -0.328 e. The van der Waals surface area contributed by atoms with Crippen molar-refractivity contribution in [3.05, 3.63) is 28.0 Å². The van der Waals surface area contributed by atoms with Crippen LogP contribution >= 0.6 is 34.8 Å². The molecule has 1 heterocycles. The molecule has 0 aliphatic heterocycles. The van der Waals surface area contributed by atoms with E-state index in [1.54, 1.807) is 0 Å². The van der Waals surface area contributed by atoms with Crippen LogP contribution in [-0.2, 0) is 13.0 Å². The lowest BCUT2D eigenvalue weighted by Crippen LogP contribution is -2.05. The number of imidazole rings is 1. The second kappa shape index (κ2) is 5.51. The zero-order valence-electron chi connectivity index (χ0n) is 10.5. The smallest absolute Gasteiger partial charge is 0.111 e. The van der Waals surface area contributed by atoms with E-state index in [0.717, 1.165) is 35.7 Å². The van der Waals surface area contributed by atoms with Gasteiger partial charge in [-0.15, -0.1) is 11.6 Å². The Kier molecular flexibility index (Phi) is 3.93. The first kappa shape index (κ1) is 13.5. The predicted octanol–water partition coefficient (Wildman–Crippen LogP) is 4.92. The topological polar surface area (TPSA) is 17.8 Å². The molecule has 0 amide bonds. The Bertz CT molecular complexity index is 602. The van der Waals surface area contributed by atoms with E-state index in [0.29, 0.717) is 15.9 Å². The highest BCUT2D eigenvalue weighted by Gasteiger charge is 2.22. The molecule has 1 saturated carbocycles. The van der Waals surface area contributed by atoms with Crippen molar-refractivity contribution in [1.29, 1.82) is 0 Å². The maximum absolute atomic E-state index is 6.12. The van der Waals surface area contributed by atoms with Crippen molar-refractivity contribution in [3.8, 4) is 0 Å². The highest BCUT2D eigenvalue weighted by Crippen LogP contribution is 2.34. The maximum Gasteiger partial charge on any atom is 0.111 e. The molecule has 0 radical (unpaired) electrons. The Balaban J connectivity index is 2.02. The Morgan fingerprint density at radius 1 is 1.21 bits per heavy atom. The van der Waals surface area contributed by atoms with E-state index in [4.69, 9.17) is 34.8 Å². The summed E-state index contributed by atoms with van der Waals surface area (Å²) in [4.78, 5) is 4.64. The van der Waals surface area contributed by atoms with Crippen LogP contribution in [0, 0.1) is 5.92 Å². The SMILES string of the molecule is ClCCc1nc2cc(Cl)c(Cl)cc2n1CCC1CC1. The summed E-state index contributed by atoms with van der Waals surface area (Å²) in [5.41, 5.74) is 1.97. The molecule has 0 atom stereocenters. The predicted molar refractivity (Wildman–Crippen MR) is 81.5 cm³/mol. The van der Waals surface area contributed by atoms with E-state index in [9.17, 15) is 0 Å². The molecule has 3 rings (SSSR count). The lowest BCUT2D eigenvalue weighted by molar-refractivity contribution is 0.588. The van der Waals surface area contributed by atoms with Gasteiger partial charge in [-0.25, -0.2) is 4.98 Å². The molecule has 1 aliphatic carbocycles. The van der Waals surface area contributed by atoms with Gasteiger partial charge in [-0.2, -0.15) is 0 Å². The average Bonchev–Trinajstić information content (AvgIpc) is 3.14. The van der Waals surface area contributed by atoms with Gasteiger partial charge in [-0.05, 0) is 24.5 Å². The number of aryl methyl sites for hydroxylation is 2. The molecule has 0 spiro atoms. The van der Waals surface area contributed by atoms with Crippen molar-refractivity contribution in [3.63, 3.8) is 0 Å². The molecule has 1 fully saturated rings. The summed E-state index contributed by atoms with van der Waals surface area (Å²) >= 11 is 18.0. The van der Waals surface area contributed by atoms with Crippen molar-refractivity contribution in [2.75, 3.05) is 5.88 Å². The summed E-state index contributed by atoms with van der Waals surface area (Å²) in [7, 11) is 0. The molecule has 5 heteroatoms. The highest BCUT2D eigenvalue weighted by molar-refractivity contribution is 6.42. The maximum atomic E-state index is 6.12. The number of halogens is 3. The van der Waals surface area contributed by atoms with Crippen LogP contribution in [-0.4, -0.2) is 15.4 Å². The van der Waals surface area contributed by atoms with Gasteiger partial charge in [0.15, 0.2) is 0 Å². The zero-order valence-corrected chi connectivity index (χ0v) is 12.8. The second-order valence-corrected chi connectivity index (χ2v) is 6.30. The van der Waals surface area contributed by atoms with E-state index in [-0.39, 0.29) is 0 Å². The number of hydrogen-bond donors (Lipinski definition) is 0. The number of fused-ring (bicyclic) bond motifs is 1. The molecule has 1 aliphatic rings. The van der Waals surface area contributed by atoms with E-state index in [1.807, 2.05) is 12.1 Å². The van der Waals surface area contributed by atoms with Gasteiger partial charge in [-0.3, -0.25) is 0 Å². The summed E-state index contributed by atoms with van der Waals surface area (Å²) in [6.45, 7) is 0.991. The van der Waals surface area contributed by atoms with E-state index in [1.165, 1.54) is 19.3 Å². The third-order valence-corrected chi connectivity index (χ3v) is 4.56. The first-order chi connectivity index (χ1) is 9.19. The number of alkyl halides is 1. The number of nitrogens with zero attached hydrogens (tertiary/aromatic N) is 2. The molecule has 1 aromatic carbocycles. The van der Waals surface area contributed by atoms with E-state index >= 15 is 0 Å². The van der Waals surface area contributed by atoms with Crippen LogP contribution < -0.4 is 0 Å². The molecular formula is C14H15Cl3N2.